The van der Waals surface area contributed by atoms with Crippen molar-refractivity contribution >= 4 is 57.5 Å². The molecule has 1 unspecified atom stereocenters. The molecule has 10 heteroatoms. The van der Waals surface area contributed by atoms with Crippen LogP contribution in [0, 0.1) is 0 Å². The van der Waals surface area contributed by atoms with Crippen LogP contribution in [0.2, 0.25) is 10.0 Å². The average molecular weight is 456 g/mol. The highest BCUT2D eigenvalue weighted by atomic mass is 35.5. The molecule has 1 saturated heterocycles. The van der Waals surface area contributed by atoms with E-state index in [1.165, 1.54) is 11.3 Å². The van der Waals surface area contributed by atoms with E-state index in [1.807, 2.05) is 0 Å². The third-order valence-electron chi connectivity index (χ3n) is 4.34. The highest BCUT2D eigenvalue weighted by Crippen LogP contribution is 2.26. The van der Waals surface area contributed by atoms with Crippen molar-refractivity contribution in [2.24, 2.45) is 0 Å². The molecule has 1 fully saturated rings. The van der Waals surface area contributed by atoms with Gasteiger partial charge in [0.05, 0.1) is 18.2 Å². The molecule has 1 N–H and O–H groups in total. The number of ether oxygens (including phenoxy) is 1. The highest BCUT2D eigenvalue weighted by Gasteiger charge is 2.24. The van der Waals surface area contributed by atoms with Gasteiger partial charge in [0.25, 0.3) is 5.91 Å². The van der Waals surface area contributed by atoms with Crippen molar-refractivity contribution in [1.82, 2.24) is 10.3 Å². The molecule has 1 aromatic carbocycles. The van der Waals surface area contributed by atoms with Crippen molar-refractivity contribution in [3.8, 4) is 0 Å². The van der Waals surface area contributed by atoms with E-state index in [-0.39, 0.29) is 18.4 Å². The molecule has 154 valence electrons. The van der Waals surface area contributed by atoms with Crippen molar-refractivity contribution in [2.75, 3.05) is 18.1 Å². The minimum absolute atomic E-state index is 0.0417. The average Bonchev–Trinajstić information content (AvgIpc) is 3.28. The zero-order valence-corrected chi connectivity index (χ0v) is 17.9. The Bertz CT molecular complexity index is 934. The first-order valence-electron chi connectivity index (χ1n) is 8.98. The molecule has 0 aliphatic carbocycles. The van der Waals surface area contributed by atoms with Gasteiger partial charge in [-0.15, -0.1) is 11.3 Å². The standard InChI is InChI=1S/C19H19Cl2N3O4S/c1-11(14-5-4-12(20)7-15(14)21)22-16(25)9-28-18(27)8-13-10-29-19(23-13)24-6-2-3-17(24)26/h4-5,7,10-11H,2-3,6,8-9H2,1H3,(H,22,25). The molecule has 7 nitrogen and oxygen atoms in total. The van der Waals surface area contributed by atoms with Gasteiger partial charge in [0, 0.05) is 28.4 Å². The van der Waals surface area contributed by atoms with E-state index in [1.54, 1.807) is 35.4 Å². The molecule has 0 saturated carbocycles. The number of aromatic nitrogens is 1. The predicted octanol–water partition coefficient (Wildman–Crippen LogP) is 3.54. The number of amides is 2. The fourth-order valence-corrected chi connectivity index (χ4v) is 4.35. The van der Waals surface area contributed by atoms with E-state index >= 15 is 0 Å². The van der Waals surface area contributed by atoms with Gasteiger partial charge in [0.15, 0.2) is 11.7 Å². The first-order chi connectivity index (χ1) is 13.8. The number of hydrogen-bond donors (Lipinski definition) is 1. The zero-order valence-electron chi connectivity index (χ0n) is 15.6. The highest BCUT2D eigenvalue weighted by molar-refractivity contribution is 7.14. The molecule has 2 aromatic rings. The molecule has 0 bridgehead atoms. The van der Waals surface area contributed by atoms with Crippen molar-refractivity contribution in [2.45, 2.75) is 32.2 Å². The van der Waals surface area contributed by atoms with E-state index in [0.29, 0.717) is 39.4 Å². The number of carbonyl (C=O) groups excluding carboxylic acids is 3. The molecular weight excluding hydrogens is 437 g/mol. The lowest BCUT2D eigenvalue weighted by Crippen LogP contribution is -2.31. The van der Waals surface area contributed by atoms with Crippen LogP contribution in [-0.2, 0) is 25.5 Å². The first kappa shape index (κ1) is 21.5. The molecule has 2 amide bonds. The number of nitrogens with one attached hydrogen (secondary N) is 1. The zero-order chi connectivity index (χ0) is 21.0. The third kappa shape index (κ3) is 5.68. The van der Waals surface area contributed by atoms with E-state index in [0.717, 1.165) is 6.42 Å². The topological polar surface area (TPSA) is 88.6 Å². The molecule has 3 rings (SSSR count). The van der Waals surface area contributed by atoms with Crippen LogP contribution in [0.1, 0.15) is 37.1 Å². The summed E-state index contributed by atoms with van der Waals surface area (Å²) in [6.45, 7) is 2.01. The summed E-state index contributed by atoms with van der Waals surface area (Å²) in [6.07, 6.45) is 1.26. The number of carbonyl (C=O) groups is 3. The van der Waals surface area contributed by atoms with Crippen LogP contribution in [0.25, 0.3) is 0 Å². The molecule has 1 aliphatic rings. The van der Waals surface area contributed by atoms with Gasteiger partial charge in [-0.3, -0.25) is 19.3 Å². The number of hydrogen-bond acceptors (Lipinski definition) is 6. The SMILES string of the molecule is CC(NC(=O)COC(=O)Cc1csc(N2CCCC2=O)n1)c1ccc(Cl)cc1Cl. The molecule has 1 atom stereocenters. The monoisotopic (exact) mass is 455 g/mol. The summed E-state index contributed by atoms with van der Waals surface area (Å²) in [5.41, 5.74) is 1.22. The Labute approximate surface area is 182 Å². The number of benzene rings is 1. The van der Waals surface area contributed by atoms with E-state index in [2.05, 4.69) is 10.3 Å². The number of halogens is 2. The Hall–Kier alpha value is -2.16. The number of rotatable bonds is 7. The summed E-state index contributed by atoms with van der Waals surface area (Å²) in [7, 11) is 0. The van der Waals surface area contributed by atoms with Crippen molar-refractivity contribution in [1.29, 1.82) is 0 Å². The van der Waals surface area contributed by atoms with Gasteiger partial charge in [0.2, 0.25) is 5.91 Å². The van der Waals surface area contributed by atoms with Gasteiger partial charge in [0.1, 0.15) is 0 Å². The second kappa shape index (κ2) is 9.56. The Balaban J connectivity index is 1.46. The van der Waals surface area contributed by atoms with E-state index in [9.17, 15) is 14.4 Å². The van der Waals surface area contributed by atoms with E-state index < -0.39 is 18.5 Å². The number of anilines is 1. The Morgan fingerprint density at radius 1 is 1.38 bits per heavy atom. The maximum Gasteiger partial charge on any atom is 0.312 e. The summed E-state index contributed by atoms with van der Waals surface area (Å²) in [4.78, 5) is 41.8. The summed E-state index contributed by atoms with van der Waals surface area (Å²) in [5, 5.41) is 5.97. The molecule has 1 aromatic heterocycles. The van der Waals surface area contributed by atoms with Crippen LogP contribution in [0.5, 0.6) is 0 Å². The second-order valence-corrected chi connectivity index (χ2v) is 8.24. The maximum absolute atomic E-state index is 12.1. The molecular formula is C19H19Cl2N3O4S. The Morgan fingerprint density at radius 2 is 2.17 bits per heavy atom. The quantitative estimate of drug-likeness (QED) is 0.644. The van der Waals surface area contributed by atoms with Crippen LogP contribution in [0.3, 0.4) is 0 Å². The van der Waals surface area contributed by atoms with Crippen LogP contribution in [0.4, 0.5) is 5.13 Å². The Morgan fingerprint density at radius 3 is 2.86 bits per heavy atom. The van der Waals surface area contributed by atoms with Crippen LogP contribution >= 0.6 is 34.5 Å². The van der Waals surface area contributed by atoms with Gasteiger partial charge >= 0.3 is 5.97 Å². The van der Waals surface area contributed by atoms with Crippen molar-refractivity contribution in [3.63, 3.8) is 0 Å². The predicted molar refractivity (Wildman–Crippen MR) is 111 cm³/mol. The fourth-order valence-electron chi connectivity index (χ4n) is 2.91. The van der Waals surface area contributed by atoms with Gasteiger partial charge in [-0.25, -0.2) is 4.98 Å². The molecule has 1 aliphatic heterocycles. The van der Waals surface area contributed by atoms with Crippen LogP contribution < -0.4 is 10.2 Å². The summed E-state index contributed by atoms with van der Waals surface area (Å²) in [6, 6.07) is 4.64. The number of nitrogens with zero attached hydrogens (tertiary/aromatic N) is 2. The minimum Gasteiger partial charge on any atom is -0.455 e. The van der Waals surface area contributed by atoms with Gasteiger partial charge in [-0.2, -0.15) is 0 Å². The van der Waals surface area contributed by atoms with Crippen molar-refractivity contribution in [3.05, 3.63) is 44.9 Å². The summed E-state index contributed by atoms with van der Waals surface area (Å²) >= 11 is 13.3. The van der Waals surface area contributed by atoms with Gasteiger partial charge in [-0.1, -0.05) is 29.3 Å². The van der Waals surface area contributed by atoms with Crippen LogP contribution in [-0.4, -0.2) is 35.9 Å². The molecule has 29 heavy (non-hydrogen) atoms. The maximum atomic E-state index is 12.1. The summed E-state index contributed by atoms with van der Waals surface area (Å²) < 4.78 is 5.03. The van der Waals surface area contributed by atoms with Crippen LogP contribution in [0.15, 0.2) is 23.6 Å². The molecule has 2 heterocycles. The van der Waals surface area contributed by atoms with Gasteiger partial charge in [-0.05, 0) is 31.0 Å². The fraction of sp³-hybridized carbons (Fsp3) is 0.368. The normalized spacial score (nSPS) is 14.7. The Kier molecular flexibility index (Phi) is 7.10. The lowest BCUT2D eigenvalue weighted by Gasteiger charge is -2.16. The second-order valence-electron chi connectivity index (χ2n) is 6.56. The smallest absolute Gasteiger partial charge is 0.312 e. The lowest BCUT2D eigenvalue weighted by molar-refractivity contribution is -0.148. The lowest BCUT2D eigenvalue weighted by atomic mass is 10.1. The van der Waals surface area contributed by atoms with Gasteiger partial charge < -0.3 is 10.1 Å². The first-order valence-corrected chi connectivity index (χ1v) is 10.6. The minimum atomic E-state index is -0.568. The molecule has 0 radical (unpaired) electrons. The number of esters is 1. The van der Waals surface area contributed by atoms with Crippen molar-refractivity contribution < 1.29 is 19.1 Å². The summed E-state index contributed by atoms with van der Waals surface area (Å²) in [5.74, 6) is -0.972. The number of thiazole rings is 1. The van der Waals surface area contributed by atoms with E-state index in [4.69, 9.17) is 27.9 Å². The largest absolute Gasteiger partial charge is 0.455 e. The molecule has 0 spiro atoms. The third-order valence-corrected chi connectivity index (χ3v) is 5.81.